The van der Waals surface area contributed by atoms with Gasteiger partial charge in [0, 0.05) is 30.1 Å². The summed E-state index contributed by atoms with van der Waals surface area (Å²) >= 11 is 0. The summed E-state index contributed by atoms with van der Waals surface area (Å²) in [5.41, 5.74) is 1.49. The van der Waals surface area contributed by atoms with Crippen LogP contribution in [-0.2, 0) is 6.67 Å². The van der Waals surface area contributed by atoms with Crippen LogP contribution >= 0.6 is 0 Å². The molecule has 1 amide bonds. The van der Waals surface area contributed by atoms with E-state index >= 15 is 0 Å². The van der Waals surface area contributed by atoms with Gasteiger partial charge in [0.25, 0.3) is 11.5 Å². The highest BCUT2D eigenvalue weighted by Gasteiger charge is 2.22. The fourth-order valence-corrected chi connectivity index (χ4v) is 3.77. The number of nitrogens with zero attached hydrogens (tertiary/aromatic N) is 3. The molecule has 0 spiro atoms. The number of amides is 1. The number of aromatic nitrogens is 2. The molecule has 6 heteroatoms. The summed E-state index contributed by atoms with van der Waals surface area (Å²) in [5, 5.41) is 9.23. The molecule has 0 atom stereocenters. The first-order valence-electron chi connectivity index (χ1n) is 9.66. The number of likely N-dealkylation sites (tertiary alicyclic amines) is 1. The van der Waals surface area contributed by atoms with E-state index in [0.717, 1.165) is 37.0 Å². The lowest BCUT2D eigenvalue weighted by Crippen LogP contribution is -2.46. The Kier molecular flexibility index (Phi) is 5.21. The lowest BCUT2D eigenvalue weighted by molar-refractivity contribution is 0.0895. The highest BCUT2D eigenvalue weighted by Crippen LogP contribution is 2.14. The Bertz CT molecular complexity index is 1040. The minimum absolute atomic E-state index is 0.0258. The SMILES string of the molecule is Cc1nn(CN2CCC(NC(=O)c3ccccc3)CC2)c(=O)c2ccccc12. The van der Waals surface area contributed by atoms with Crippen LogP contribution in [0.25, 0.3) is 10.8 Å². The predicted octanol–water partition coefficient (Wildman–Crippen LogP) is 2.56. The fraction of sp³-hybridized carbons (Fsp3) is 0.318. The van der Waals surface area contributed by atoms with Gasteiger partial charge in [-0.3, -0.25) is 14.5 Å². The third kappa shape index (κ3) is 3.82. The van der Waals surface area contributed by atoms with Crippen LogP contribution in [0.1, 0.15) is 28.9 Å². The molecular weight excluding hydrogens is 352 g/mol. The Labute approximate surface area is 163 Å². The topological polar surface area (TPSA) is 67.2 Å². The van der Waals surface area contributed by atoms with Crippen molar-refractivity contribution in [3.8, 4) is 0 Å². The van der Waals surface area contributed by atoms with Crippen LogP contribution in [0.5, 0.6) is 0 Å². The first-order valence-corrected chi connectivity index (χ1v) is 9.66. The molecule has 0 bridgehead atoms. The maximum absolute atomic E-state index is 12.7. The van der Waals surface area contributed by atoms with Crippen molar-refractivity contribution < 1.29 is 4.79 Å². The molecule has 1 aliphatic heterocycles. The average molecular weight is 376 g/mol. The second-order valence-electron chi connectivity index (χ2n) is 7.31. The number of nitrogens with one attached hydrogen (secondary N) is 1. The molecule has 28 heavy (non-hydrogen) atoms. The van der Waals surface area contributed by atoms with Crippen LogP contribution in [0.3, 0.4) is 0 Å². The Morgan fingerprint density at radius 1 is 1.04 bits per heavy atom. The van der Waals surface area contributed by atoms with Gasteiger partial charge in [-0.05, 0) is 38.0 Å². The van der Waals surface area contributed by atoms with E-state index in [1.54, 1.807) is 4.68 Å². The summed E-state index contributed by atoms with van der Waals surface area (Å²) in [6.07, 6.45) is 1.72. The number of piperidine rings is 1. The van der Waals surface area contributed by atoms with E-state index in [1.165, 1.54) is 0 Å². The van der Waals surface area contributed by atoms with Gasteiger partial charge in [-0.15, -0.1) is 0 Å². The molecule has 1 aliphatic rings. The average Bonchev–Trinajstić information content (AvgIpc) is 2.74. The third-order valence-corrected chi connectivity index (χ3v) is 5.35. The molecule has 6 nitrogen and oxygen atoms in total. The number of carbonyl (C=O) groups excluding carboxylic acids is 1. The number of benzene rings is 2. The van der Waals surface area contributed by atoms with Gasteiger partial charge < -0.3 is 5.32 Å². The minimum Gasteiger partial charge on any atom is -0.349 e. The van der Waals surface area contributed by atoms with Crippen molar-refractivity contribution >= 4 is 16.7 Å². The Morgan fingerprint density at radius 2 is 1.68 bits per heavy atom. The quantitative estimate of drug-likeness (QED) is 0.760. The van der Waals surface area contributed by atoms with E-state index in [2.05, 4.69) is 15.3 Å². The number of fused-ring (bicyclic) bond motifs is 1. The van der Waals surface area contributed by atoms with Gasteiger partial charge >= 0.3 is 0 Å². The lowest BCUT2D eigenvalue weighted by Gasteiger charge is -2.32. The molecule has 4 rings (SSSR count). The molecular formula is C22H24N4O2. The van der Waals surface area contributed by atoms with E-state index in [1.807, 2.05) is 61.5 Å². The summed E-state index contributed by atoms with van der Waals surface area (Å²) in [6, 6.07) is 17.0. The number of carbonyl (C=O) groups is 1. The Balaban J connectivity index is 1.39. The first-order chi connectivity index (χ1) is 13.6. The van der Waals surface area contributed by atoms with Gasteiger partial charge in [-0.2, -0.15) is 5.10 Å². The normalized spacial score (nSPS) is 15.6. The molecule has 1 saturated heterocycles. The predicted molar refractivity (Wildman–Crippen MR) is 109 cm³/mol. The summed E-state index contributed by atoms with van der Waals surface area (Å²) < 4.78 is 1.56. The second-order valence-corrected chi connectivity index (χ2v) is 7.31. The standard InChI is InChI=1S/C22H24N4O2/c1-16-19-9-5-6-10-20(19)22(28)26(24-16)15-25-13-11-18(12-14-25)23-21(27)17-7-3-2-4-8-17/h2-10,18H,11-15H2,1H3,(H,23,27). The molecule has 0 saturated carbocycles. The molecule has 0 unspecified atom stereocenters. The highest BCUT2D eigenvalue weighted by molar-refractivity contribution is 5.94. The van der Waals surface area contributed by atoms with Crippen molar-refractivity contribution in [3.05, 3.63) is 76.2 Å². The maximum atomic E-state index is 12.7. The van der Waals surface area contributed by atoms with Crippen molar-refractivity contribution in [2.45, 2.75) is 32.5 Å². The number of hydrogen-bond donors (Lipinski definition) is 1. The largest absolute Gasteiger partial charge is 0.349 e. The minimum atomic E-state index is -0.0549. The van der Waals surface area contributed by atoms with Crippen molar-refractivity contribution in [2.75, 3.05) is 13.1 Å². The van der Waals surface area contributed by atoms with Crippen molar-refractivity contribution in [2.24, 2.45) is 0 Å². The number of hydrogen-bond acceptors (Lipinski definition) is 4. The van der Waals surface area contributed by atoms with Crippen molar-refractivity contribution in [1.29, 1.82) is 0 Å². The van der Waals surface area contributed by atoms with Crippen LogP contribution in [0.2, 0.25) is 0 Å². The zero-order valence-corrected chi connectivity index (χ0v) is 16.0. The monoisotopic (exact) mass is 376 g/mol. The van der Waals surface area contributed by atoms with E-state index in [9.17, 15) is 9.59 Å². The zero-order chi connectivity index (χ0) is 19.5. The van der Waals surface area contributed by atoms with Gasteiger partial charge in [0.1, 0.15) is 0 Å². The molecule has 0 radical (unpaired) electrons. The van der Waals surface area contributed by atoms with Gasteiger partial charge in [-0.1, -0.05) is 36.4 Å². The van der Waals surface area contributed by atoms with E-state index in [-0.39, 0.29) is 17.5 Å². The molecule has 2 aromatic carbocycles. The van der Waals surface area contributed by atoms with Crippen molar-refractivity contribution in [3.63, 3.8) is 0 Å². The molecule has 1 aromatic heterocycles. The fourth-order valence-electron chi connectivity index (χ4n) is 3.77. The number of rotatable bonds is 4. The van der Waals surface area contributed by atoms with Gasteiger partial charge in [0.2, 0.25) is 0 Å². The lowest BCUT2D eigenvalue weighted by atomic mass is 10.0. The highest BCUT2D eigenvalue weighted by atomic mass is 16.1. The zero-order valence-electron chi connectivity index (χ0n) is 16.0. The summed E-state index contributed by atoms with van der Waals surface area (Å²) in [4.78, 5) is 27.3. The Hall–Kier alpha value is -2.99. The van der Waals surface area contributed by atoms with Gasteiger partial charge in [0.05, 0.1) is 17.7 Å². The van der Waals surface area contributed by atoms with Crippen molar-refractivity contribution in [1.82, 2.24) is 20.0 Å². The molecule has 1 N–H and O–H groups in total. The molecule has 2 heterocycles. The molecule has 1 fully saturated rings. The Morgan fingerprint density at radius 3 is 2.39 bits per heavy atom. The van der Waals surface area contributed by atoms with Crippen LogP contribution in [0.4, 0.5) is 0 Å². The van der Waals surface area contributed by atoms with Crippen LogP contribution in [-0.4, -0.2) is 39.7 Å². The maximum Gasteiger partial charge on any atom is 0.275 e. The second kappa shape index (κ2) is 7.94. The van der Waals surface area contributed by atoms with Crippen LogP contribution in [0.15, 0.2) is 59.4 Å². The molecule has 3 aromatic rings. The summed E-state index contributed by atoms with van der Waals surface area (Å²) in [7, 11) is 0. The van der Waals surface area contributed by atoms with Crippen LogP contribution in [0, 0.1) is 6.92 Å². The number of aryl methyl sites for hydroxylation is 1. The molecule has 144 valence electrons. The van der Waals surface area contributed by atoms with Gasteiger partial charge in [-0.25, -0.2) is 4.68 Å². The first kappa shape index (κ1) is 18.4. The van der Waals surface area contributed by atoms with Gasteiger partial charge in [0.15, 0.2) is 0 Å². The molecule has 0 aliphatic carbocycles. The summed E-state index contributed by atoms with van der Waals surface area (Å²) in [6.45, 7) is 4.05. The van der Waals surface area contributed by atoms with E-state index in [4.69, 9.17) is 0 Å². The van der Waals surface area contributed by atoms with Crippen LogP contribution < -0.4 is 10.9 Å². The van der Waals surface area contributed by atoms with E-state index in [0.29, 0.717) is 17.6 Å². The van der Waals surface area contributed by atoms with E-state index < -0.39 is 0 Å². The summed E-state index contributed by atoms with van der Waals surface area (Å²) in [5.74, 6) is -0.0258. The smallest absolute Gasteiger partial charge is 0.275 e. The third-order valence-electron chi connectivity index (χ3n) is 5.35.